The third kappa shape index (κ3) is 7.38. The van der Waals surface area contributed by atoms with Gasteiger partial charge in [0.2, 0.25) is 0 Å². The van der Waals surface area contributed by atoms with Crippen molar-refractivity contribution in [3.8, 4) is 0 Å². The number of urea groups is 1. The van der Waals surface area contributed by atoms with Gasteiger partial charge in [-0.1, -0.05) is 6.07 Å². The summed E-state index contributed by atoms with van der Waals surface area (Å²) in [5.41, 5.74) is 1.07. The molecule has 1 aromatic rings. The van der Waals surface area contributed by atoms with Gasteiger partial charge in [-0.15, -0.1) is 0 Å². The number of hydrogen-bond donors (Lipinski definition) is 3. The molecule has 0 fully saturated rings. The average molecular weight is 267 g/mol. The minimum absolute atomic E-state index is 0.179. The summed E-state index contributed by atoms with van der Waals surface area (Å²) >= 11 is 0. The molecular formula is C13H21N3O3. The number of ether oxygens (including phenoxy) is 1. The summed E-state index contributed by atoms with van der Waals surface area (Å²) in [6.45, 7) is 3.34. The Hall–Kier alpha value is -1.66. The van der Waals surface area contributed by atoms with Gasteiger partial charge in [0.1, 0.15) is 0 Å². The van der Waals surface area contributed by atoms with E-state index in [4.69, 9.17) is 4.74 Å². The summed E-state index contributed by atoms with van der Waals surface area (Å²) < 4.78 is 5.04. The summed E-state index contributed by atoms with van der Waals surface area (Å²) in [6, 6.07) is 3.53. The average Bonchev–Trinajstić information content (AvgIpc) is 2.44. The highest BCUT2D eigenvalue weighted by Gasteiger charge is 2.06. The second-order valence-electron chi connectivity index (χ2n) is 4.06. The van der Waals surface area contributed by atoms with Crippen molar-refractivity contribution in [3.05, 3.63) is 30.1 Å². The van der Waals surface area contributed by atoms with Crippen molar-refractivity contribution in [1.29, 1.82) is 0 Å². The van der Waals surface area contributed by atoms with Crippen LogP contribution in [0.2, 0.25) is 0 Å². The van der Waals surface area contributed by atoms with Gasteiger partial charge in [-0.3, -0.25) is 4.98 Å². The van der Waals surface area contributed by atoms with E-state index in [-0.39, 0.29) is 19.2 Å². The Morgan fingerprint density at radius 2 is 2.37 bits per heavy atom. The first-order valence-corrected chi connectivity index (χ1v) is 6.38. The molecule has 0 aliphatic carbocycles. The first-order valence-electron chi connectivity index (χ1n) is 6.38. The molecule has 3 N–H and O–H groups in total. The Morgan fingerprint density at radius 1 is 1.53 bits per heavy atom. The number of carbonyl (C=O) groups excluding carboxylic acids is 1. The maximum absolute atomic E-state index is 11.4. The molecule has 1 aromatic heterocycles. The number of aromatic nitrogens is 1. The molecule has 0 aliphatic rings. The predicted octanol–water partition coefficient (Wildman–Crippen LogP) is 0.321. The third-order valence-corrected chi connectivity index (χ3v) is 2.43. The minimum Gasteiger partial charge on any atom is -0.389 e. The maximum Gasteiger partial charge on any atom is 0.314 e. The highest BCUT2D eigenvalue weighted by atomic mass is 16.5. The Morgan fingerprint density at radius 3 is 3.05 bits per heavy atom. The fraction of sp³-hybridized carbons (Fsp3) is 0.538. The molecule has 6 heteroatoms. The van der Waals surface area contributed by atoms with Crippen LogP contribution in [0.4, 0.5) is 4.79 Å². The first kappa shape index (κ1) is 15.4. The highest BCUT2D eigenvalue weighted by Crippen LogP contribution is 1.95. The fourth-order valence-electron chi connectivity index (χ4n) is 1.45. The molecule has 0 aliphatic heterocycles. The first-order chi connectivity index (χ1) is 9.22. The Kier molecular flexibility index (Phi) is 7.53. The largest absolute Gasteiger partial charge is 0.389 e. The second-order valence-corrected chi connectivity index (χ2v) is 4.06. The van der Waals surface area contributed by atoms with Crippen molar-refractivity contribution >= 4 is 6.03 Å². The van der Waals surface area contributed by atoms with Crippen LogP contribution < -0.4 is 10.6 Å². The number of aliphatic hydroxyl groups is 1. The monoisotopic (exact) mass is 267 g/mol. The maximum atomic E-state index is 11.4. The van der Waals surface area contributed by atoms with Crippen LogP contribution >= 0.6 is 0 Å². The van der Waals surface area contributed by atoms with Crippen LogP contribution in [0.1, 0.15) is 12.5 Å². The van der Waals surface area contributed by atoms with Crippen molar-refractivity contribution in [3.63, 3.8) is 0 Å². The summed E-state index contributed by atoms with van der Waals surface area (Å²) in [7, 11) is 0. The molecule has 1 rings (SSSR count). The standard InChI is InChI=1S/C13H21N3O3/c1-2-19-10-12(17)9-16-13(18)15-7-5-11-4-3-6-14-8-11/h3-4,6,8,12,17H,2,5,7,9-10H2,1H3,(H2,15,16,18). The number of carbonyl (C=O) groups is 1. The summed E-state index contributed by atoms with van der Waals surface area (Å²) in [6.07, 6.45) is 3.53. The number of rotatable bonds is 8. The van der Waals surface area contributed by atoms with Crippen LogP contribution in [0, 0.1) is 0 Å². The molecule has 0 saturated heterocycles. The fourth-order valence-corrected chi connectivity index (χ4v) is 1.45. The van der Waals surface area contributed by atoms with Gasteiger partial charge in [0.05, 0.1) is 12.7 Å². The topological polar surface area (TPSA) is 83.5 Å². The van der Waals surface area contributed by atoms with Gasteiger partial charge in [-0.25, -0.2) is 4.79 Å². The Balaban J connectivity index is 2.08. The van der Waals surface area contributed by atoms with Crippen LogP contribution in [0.25, 0.3) is 0 Å². The van der Waals surface area contributed by atoms with Gasteiger partial charge in [0.25, 0.3) is 0 Å². The molecule has 1 unspecified atom stereocenters. The number of nitrogens with one attached hydrogen (secondary N) is 2. The van der Waals surface area contributed by atoms with Gasteiger partial charge >= 0.3 is 6.03 Å². The van der Waals surface area contributed by atoms with E-state index < -0.39 is 6.10 Å². The number of amides is 2. The molecule has 6 nitrogen and oxygen atoms in total. The van der Waals surface area contributed by atoms with Crippen molar-refractivity contribution in [2.24, 2.45) is 0 Å². The van der Waals surface area contributed by atoms with Crippen LogP contribution in [0.15, 0.2) is 24.5 Å². The van der Waals surface area contributed by atoms with E-state index in [2.05, 4.69) is 15.6 Å². The molecule has 0 bridgehead atoms. The lowest BCUT2D eigenvalue weighted by atomic mass is 10.2. The summed E-state index contributed by atoms with van der Waals surface area (Å²) in [5, 5.41) is 14.8. The number of hydrogen-bond acceptors (Lipinski definition) is 4. The van der Waals surface area contributed by atoms with Crippen LogP contribution in [0.3, 0.4) is 0 Å². The zero-order valence-corrected chi connectivity index (χ0v) is 11.1. The van der Waals surface area contributed by atoms with Gasteiger partial charge in [0, 0.05) is 32.1 Å². The van der Waals surface area contributed by atoms with Gasteiger partial charge in [0.15, 0.2) is 0 Å². The quantitative estimate of drug-likeness (QED) is 0.633. The van der Waals surface area contributed by atoms with Gasteiger partial charge in [-0.2, -0.15) is 0 Å². The zero-order chi connectivity index (χ0) is 13.9. The highest BCUT2D eigenvalue weighted by molar-refractivity contribution is 5.73. The van der Waals surface area contributed by atoms with E-state index in [1.807, 2.05) is 19.1 Å². The minimum atomic E-state index is -0.677. The molecule has 1 heterocycles. The van der Waals surface area contributed by atoms with Crippen LogP contribution in [0.5, 0.6) is 0 Å². The lowest BCUT2D eigenvalue weighted by Crippen LogP contribution is -2.41. The molecule has 0 saturated carbocycles. The van der Waals surface area contributed by atoms with Gasteiger partial charge < -0.3 is 20.5 Å². The Labute approximate surface area is 113 Å². The summed E-state index contributed by atoms with van der Waals surface area (Å²) in [5.74, 6) is 0. The van der Waals surface area contributed by atoms with Gasteiger partial charge in [-0.05, 0) is 25.0 Å². The van der Waals surface area contributed by atoms with Crippen LogP contribution in [-0.4, -0.2) is 48.5 Å². The van der Waals surface area contributed by atoms with Crippen molar-refractivity contribution in [2.75, 3.05) is 26.3 Å². The molecular weight excluding hydrogens is 246 g/mol. The molecule has 2 amide bonds. The Bertz CT molecular complexity index is 359. The van der Waals surface area contributed by atoms with E-state index >= 15 is 0 Å². The summed E-state index contributed by atoms with van der Waals surface area (Å²) in [4.78, 5) is 15.4. The number of nitrogens with zero attached hydrogens (tertiary/aromatic N) is 1. The smallest absolute Gasteiger partial charge is 0.314 e. The number of pyridine rings is 1. The van der Waals surface area contributed by atoms with E-state index in [1.54, 1.807) is 12.4 Å². The molecule has 0 radical (unpaired) electrons. The predicted molar refractivity (Wildman–Crippen MR) is 71.8 cm³/mol. The molecule has 19 heavy (non-hydrogen) atoms. The van der Waals surface area contributed by atoms with E-state index in [9.17, 15) is 9.90 Å². The molecule has 1 atom stereocenters. The lowest BCUT2D eigenvalue weighted by molar-refractivity contribution is 0.0441. The SMILES string of the molecule is CCOCC(O)CNC(=O)NCCc1cccnc1. The third-order valence-electron chi connectivity index (χ3n) is 2.43. The normalized spacial score (nSPS) is 11.9. The zero-order valence-electron chi connectivity index (χ0n) is 11.1. The van der Waals surface area contributed by atoms with Crippen molar-refractivity contribution in [2.45, 2.75) is 19.4 Å². The molecule has 106 valence electrons. The number of aliphatic hydroxyl groups excluding tert-OH is 1. The molecule has 0 spiro atoms. The molecule has 0 aromatic carbocycles. The lowest BCUT2D eigenvalue weighted by Gasteiger charge is -2.12. The van der Waals surface area contributed by atoms with E-state index in [1.165, 1.54) is 0 Å². The van der Waals surface area contributed by atoms with Crippen LogP contribution in [-0.2, 0) is 11.2 Å². The van der Waals surface area contributed by atoms with Crippen molar-refractivity contribution in [1.82, 2.24) is 15.6 Å². The van der Waals surface area contributed by atoms with Crippen molar-refractivity contribution < 1.29 is 14.6 Å². The second kappa shape index (κ2) is 9.29. The van der Waals surface area contributed by atoms with E-state index in [0.717, 1.165) is 12.0 Å². The van der Waals surface area contributed by atoms with E-state index in [0.29, 0.717) is 13.2 Å².